The number of hydrogen-bond acceptors (Lipinski definition) is 2. The molecular formula is C15H18F2O2. The highest BCUT2D eigenvalue weighted by atomic mass is 19.3. The highest BCUT2D eigenvalue weighted by Crippen LogP contribution is 2.25. The fourth-order valence-corrected chi connectivity index (χ4v) is 2.31. The summed E-state index contributed by atoms with van der Waals surface area (Å²) in [7, 11) is 0. The molecule has 1 aromatic rings. The molecule has 1 aromatic carbocycles. The SMILES string of the molecule is CC(F)(F)C(=O)c1ccc(OC2CCCCC2)cc1. The minimum atomic E-state index is -3.33. The number of rotatable bonds is 4. The van der Waals surface area contributed by atoms with E-state index < -0.39 is 11.7 Å². The van der Waals surface area contributed by atoms with E-state index in [9.17, 15) is 13.6 Å². The van der Waals surface area contributed by atoms with E-state index in [0.717, 1.165) is 12.8 Å². The number of carbonyl (C=O) groups excluding carboxylic acids is 1. The standard InChI is InChI=1S/C15H18F2O2/c1-15(16,17)14(18)11-7-9-13(10-8-11)19-12-5-3-2-4-6-12/h7-10,12H,2-6H2,1H3. The molecule has 4 heteroatoms. The quantitative estimate of drug-likeness (QED) is 0.764. The van der Waals surface area contributed by atoms with E-state index in [1.807, 2.05) is 0 Å². The van der Waals surface area contributed by atoms with Crippen LogP contribution in [0.15, 0.2) is 24.3 Å². The van der Waals surface area contributed by atoms with Gasteiger partial charge in [0.1, 0.15) is 5.75 Å². The summed E-state index contributed by atoms with van der Waals surface area (Å²) in [5.74, 6) is -3.84. The second-order valence-corrected chi connectivity index (χ2v) is 5.12. The molecule has 0 radical (unpaired) electrons. The van der Waals surface area contributed by atoms with Crippen molar-refractivity contribution in [1.29, 1.82) is 0 Å². The van der Waals surface area contributed by atoms with Gasteiger partial charge in [0.25, 0.3) is 0 Å². The molecule has 1 fully saturated rings. The summed E-state index contributed by atoms with van der Waals surface area (Å²) in [6, 6.07) is 5.98. The minimum Gasteiger partial charge on any atom is -0.490 e. The molecule has 2 rings (SSSR count). The van der Waals surface area contributed by atoms with Crippen molar-refractivity contribution in [3.05, 3.63) is 29.8 Å². The number of hydrogen-bond donors (Lipinski definition) is 0. The summed E-state index contributed by atoms with van der Waals surface area (Å²) < 4.78 is 31.6. The van der Waals surface area contributed by atoms with E-state index in [-0.39, 0.29) is 11.7 Å². The molecule has 0 atom stereocenters. The number of ether oxygens (including phenoxy) is 1. The second kappa shape index (κ2) is 5.68. The van der Waals surface area contributed by atoms with Crippen molar-refractivity contribution in [3.63, 3.8) is 0 Å². The maximum atomic E-state index is 12.9. The zero-order valence-electron chi connectivity index (χ0n) is 11.0. The third-order valence-electron chi connectivity index (χ3n) is 3.37. The van der Waals surface area contributed by atoms with Crippen LogP contribution in [0.3, 0.4) is 0 Å². The van der Waals surface area contributed by atoms with Crippen molar-refractivity contribution in [2.75, 3.05) is 0 Å². The molecule has 0 heterocycles. The lowest BCUT2D eigenvalue weighted by Crippen LogP contribution is -2.24. The minimum absolute atomic E-state index is 0.0171. The summed E-state index contributed by atoms with van der Waals surface area (Å²) >= 11 is 0. The van der Waals surface area contributed by atoms with Gasteiger partial charge in [-0.15, -0.1) is 0 Å². The van der Waals surface area contributed by atoms with Gasteiger partial charge in [0.15, 0.2) is 0 Å². The monoisotopic (exact) mass is 268 g/mol. The summed E-state index contributed by atoms with van der Waals surface area (Å²) in [6.07, 6.45) is 5.87. The van der Waals surface area contributed by atoms with Crippen molar-refractivity contribution in [1.82, 2.24) is 0 Å². The first-order chi connectivity index (χ1) is 8.97. The molecule has 0 bridgehead atoms. The average Bonchev–Trinajstić information content (AvgIpc) is 2.39. The molecule has 104 valence electrons. The first-order valence-electron chi connectivity index (χ1n) is 6.66. The van der Waals surface area contributed by atoms with Crippen LogP contribution in [0.25, 0.3) is 0 Å². The van der Waals surface area contributed by atoms with E-state index in [1.165, 1.54) is 31.4 Å². The van der Waals surface area contributed by atoms with Crippen molar-refractivity contribution in [2.24, 2.45) is 0 Å². The lowest BCUT2D eigenvalue weighted by Gasteiger charge is -2.23. The molecule has 0 unspecified atom stereocenters. The molecule has 0 aromatic heterocycles. The van der Waals surface area contributed by atoms with Gasteiger partial charge in [0.05, 0.1) is 6.10 Å². The van der Waals surface area contributed by atoms with Gasteiger partial charge in [-0.2, -0.15) is 8.78 Å². The number of carbonyl (C=O) groups is 1. The summed E-state index contributed by atoms with van der Waals surface area (Å²) in [4.78, 5) is 11.4. The molecule has 0 aliphatic heterocycles. The molecule has 19 heavy (non-hydrogen) atoms. The molecule has 0 saturated heterocycles. The van der Waals surface area contributed by atoms with Crippen molar-refractivity contribution >= 4 is 5.78 Å². The van der Waals surface area contributed by atoms with Crippen LogP contribution in [0, 0.1) is 0 Å². The third-order valence-corrected chi connectivity index (χ3v) is 3.37. The predicted molar refractivity (Wildman–Crippen MR) is 68.9 cm³/mol. The smallest absolute Gasteiger partial charge is 0.307 e. The van der Waals surface area contributed by atoms with Crippen LogP contribution < -0.4 is 4.74 Å². The van der Waals surface area contributed by atoms with Gasteiger partial charge in [-0.05, 0) is 49.9 Å². The molecule has 0 amide bonds. The van der Waals surface area contributed by atoms with Crippen LogP contribution in [0.1, 0.15) is 49.4 Å². The van der Waals surface area contributed by atoms with Crippen LogP contribution in [0.5, 0.6) is 5.75 Å². The van der Waals surface area contributed by atoms with E-state index >= 15 is 0 Å². The summed E-state index contributed by atoms with van der Waals surface area (Å²) in [5.41, 5.74) is 0.0171. The molecule has 1 aliphatic rings. The van der Waals surface area contributed by atoms with Crippen LogP contribution in [0.2, 0.25) is 0 Å². The summed E-state index contributed by atoms with van der Waals surface area (Å²) in [5, 5.41) is 0. The van der Waals surface area contributed by atoms with Gasteiger partial charge in [-0.25, -0.2) is 0 Å². The number of halogens is 2. The highest BCUT2D eigenvalue weighted by molar-refractivity contribution is 6.01. The van der Waals surface area contributed by atoms with Crippen LogP contribution >= 0.6 is 0 Å². The second-order valence-electron chi connectivity index (χ2n) is 5.12. The Morgan fingerprint density at radius 2 is 1.74 bits per heavy atom. The van der Waals surface area contributed by atoms with E-state index in [0.29, 0.717) is 12.7 Å². The lowest BCUT2D eigenvalue weighted by atomic mass is 9.98. The van der Waals surface area contributed by atoms with Crippen molar-refractivity contribution in [2.45, 2.75) is 51.1 Å². The number of Topliss-reactive ketones (excluding diaryl/α,β-unsaturated/α-hetero) is 1. The number of benzene rings is 1. The van der Waals surface area contributed by atoms with E-state index in [4.69, 9.17) is 4.74 Å². The molecule has 2 nitrogen and oxygen atoms in total. The molecule has 0 spiro atoms. The first-order valence-corrected chi connectivity index (χ1v) is 6.66. The fraction of sp³-hybridized carbons (Fsp3) is 0.533. The van der Waals surface area contributed by atoms with Gasteiger partial charge in [-0.1, -0.05) is 6.42 Å². The van der Waals surface area contributed by atoms with Gasteiger partial charge in [0, 0.05) is 12.5 Å². The largest absolute Gasteiger partial charge is 0.490 e. The normalized spacial score (nSPS) is 17.2. The fourth-order valence-electron chi connectivity index (χ4n) is 2.31. The average molecular weight is 268 g/mol. The molecule has 1 saturated carbocycles. The van der Waals surface area contributed by atoms with Crippen molar-refractivity contribution < 1.29 is 18.3 Å². The zero-order chi connectivity index (χ0) is 13.9. The van der Waals surface area contributed by atoms with Crippen LogP contribution in [-0.4, -0.2) is 17.8 Å². The van der Waals surface area contributed by atoms with Crippen molar-refractivity contribution in [3.8, 4) is 5.75 Å². The first kappa shape index (κ1) is 14.0. The molecular weight excluding hydrogens is 250 g/mol. The Kier molecular flexibility index (Phi) is 4.17. The highest BCUT2D eigenvalue weighted by Gasteiger charge is 2.33. The molecule has 1 aliphatic carbocycles. The Labute approximate surface area is 111 Å². The topological polar surface area (TPSA) is 26.3 Å². The number of ketones is 1. The Morgan fingerprint density at radius 3 is 2.26 bits per heavy atom. The number of alkyl halides is 2. The Hall–Kier alpha value is -1.45. The van der Waals surface area contributed by atoms with Crippen LogP contribution in [0.4, 0.5) is 8.78 Å². The van der Waals surface area contributed by atoms with Crippen LogP contribution in [-0.2, 0) is 0 Å². The van der Waals surface area contributed by atoms with Gasteiger partial charge in [-0.3, -0.25) is 4.79 Å². The summed E-state index contributed by atoms with van der Waals surface area (Å²) in [6.45, 7) is 0.613. The Balaban J connectivity index is 2.00. The van der Waals surface area contributed by atoms with Gasteiger partial charge in [0.2, 0.25) is 5.78 Å². The van der Waals surface area contributed by atoms with Gasteiger partial charge < -0.3 is 4.74 Å². The maximum Gasteiger partial charge on any atom is 0.307 e. The van der Waals surface area contributed by atoms with E-state index in [1.54, 1.807) is 12.1 Å². The predicted octanol–water partition coefficient (Wildman–Crippen LogP) is 4.24. The Morgan fingerprint density at radius 1 is 1.16 bits per heavy atom. The maximum absolute atomic E-state index is 12.9. The zero-order valence-corrected chi connectivity index (χ0v) is 11.0. The Bertz CT molecular complexity index is 428. The van der Waals surface area contributed by atoms with E-state index in [2.05, 4.69) is 0 Å². The molecule has 0 N–H and O–H groups in total. The lowest BCUT2D eigenvalue weighted by molar-refractivity contribution is 0.0221. The third kappa shape index (κ3) is 3.75. The van der Waals surface area contributed by atoms with Gasteiger partial charge >= 0.3 is 5.92 Å².